The molecule has 4 heteroatoms. The summed E-state index contributed by atoms with van der Waals surface area (Å²) in [5, 5.41) is 9.31. The zero-order chi connectivity index (χ0) is 14.7. The fraction of sp³-hybridized carbons (Fsp3) is 0.125. The Morgan fingerprint density at radius 3 is 2.35 bits per heavy atom. The van der Waals surface area contributed by atoms with Crippen molar-refractivity contribution in [1.29, 1.82) is 5.26 Å². The van der Waals surface area contributed by atoms with Crippen LogP contribution >= 0.6 is 31.9 Å². The molecule has 0 bridgehead atoms. The summed E-state index contributed by atoms with van der Waals surface area (Å²) in [5.41, 5.74) is 2.30. The minimum atomic E-state index is -0.780. The van der Waals surface area contributed by atoms with Crippen molar-refractivity contribution in [3.05, 3.63) is 68.1 Å². The molecule has 0 aromatic heterocycles. The molecule has 20 heavy (non-hydrogen) atoms. The molecule has 2 nitrogen and oxygen atoms in total. The van der Waals surface area contributed by atoms with Crippen molar-refractivity contribution in [3.8, 4) is 6.07 Å². The van der Waals surface area contributed by atoms with Gasteiger partial charge in [0.15, 0.2) is 5.78 Å². The third kappa shape index (κ3) is 3.17. The largest absolute Gasteiger partial charge is 0.292 e. The molecule has 0 spiro atoms. The number of benzene rings is 2. The fourth-order valence-electron chi connectivity index (χ4n) is 1.85. The van der Waals surface area contributed by atoms with Gasteiger partial charge in [0, 0.05) is 14.5 Å². The second-order valence-electron chi connectivity index (χ2n) is 4.44. The molecule has 0 aliphatic rings. The van der Waals surface area contributed by atoms with Gasteiger partial charge in [-0.3, -0.25) is 4.79 Å². The number of halogens is 2. The van der Waals surface area contributed by atoms with Crippen LogP contribution in [0.2, 0.25) is 0 Å². The first-order valence-electron chi connectivity index (χ1n) is 5.98. The van der Waals surface area contributed by atoms with Gasteiger partial charge in [-0.1, -0.05) is 56.1 Å². The lowest BCUT2D eigenvalue weighted by molar-refractivity contribution is 0.0979. The molecule has 2 aromatic rings. The first-order valence-corrected chi connectivity index (χ1v) is 7.57. The summed E-state index contributed by atoms with van der Waals surface area (Å²) in [6.45, 7) is 1.95. The number of carbonyl (C=O) groups is 1. The van der Waals surface area contributed by atoms with Crippen molar-refractivity contribution in [1.82, 2.24) is 0 Å². The highest BCUT2D eigenvalue weighted by atomic mass is 79.9. The van der Waals surface area contributed by atoms with Crippen LogP contribution in [0.1, 0.15) is 27.4 Å². The predicted octanol–water partition coefficient (Wildman–Crippen LogP) is 5.01. The van der Waals surface area contributed by atoms with Crippen LogP contribution < -0.4 is 0 Å². The number of Topliss-reactive ketones (excluding diaryl/α,β-unsaturated/α-hetero) is 1. The topological polar surface area (TPSA) is 40.9 Å². The Kier molecular flexibility index (Phi) is 4.74. The van der Waals surface area contributed by atoms with Crippen molar-refractivity contribution < 1.29 is 4.79 Å². The van der Waals surface area contributed by atoms with Crippen LogP contribution in [0.3, 0.4) is 0 Å². The van der Waals surface area contributed by atoms with E-state index in [0.717, 1.165) is 14.5 Å². The average molecular weight is 393 g/mol. The van der Waals surface area contributed by atoms with Gasteiger partial charge in [-0.2, -0.15) is 5.26 Å². The molecule has 0 N–H and O–H groups in total. The van der Waals surface area contributed by atoms with Crippen molar-refractivity contribution in [2.45, 2.75) is 12.8 Å². The van der Waals surface area contributed by atoms with Crippen LogP contribution in [0.25, 0.3) is 0 Å². The monoisotopic (exact) mass is 391 g/mol. The maximum atomic E-state index is 12.5. The van der Waals surface area contributed by atoms with Crippen LogP contribution in [0, 0.1) is 18.3 Å². The molecule has 1 atom stereocenters. The molecule has 2 aromatic carbocycles. The number of hydrogen-bond donors (Lipinski definition) is 0. The molecule has 0 saturated carbocycles. The summed E-state index contributed by atoms with van der Waals surface area (Å²) in [7, 11) is 0. The van der Waals surface area contributed by atoms with E-state index in [4.69, 9.17) is 0 Å². The van der Waals surface area contributed by atoms with Gasteiger partial charge >= 0.3 is 0 Å². The van der Waals surface area contributed by atoms with Gasteiger partial charge in [-0.05, 0) is 36.2 Å². The maximum Gasteiger partial charge on any atom is 0.184 e. The summed E-state index contributed by atoms with van der Waals surface area (Å²) in [6, 6.07) is 14.7. The van der Waals surface area contributed by atoms with E-state index >= 15 is 0 Å². The Bertz CT molecular complexity index is 687. The SMILES string of the molecule is Cc1ccc(C(=O)C(C#N)c2ccc(Br)cc2)cc1Br. The van der Waals surface area contributed by atoms with Gasteiger partial charge in [-0.25, -0.2) is 0 Å². The van der Waals surface area contributed by atoms with E-state index in [9.17, 15) is 10.1 Å². The van der Waals surface area contributed by atoms with Crippen molar-refractivity contribution in [2.75, 3.05) is 0 Å². The van der Waals surface area contributed by atoms with Crippen LogP contribution in [-0.2, 0) is 0 Å². The molecule has 2 rings (SSSR count). The third-order valence-corrected chi connectivity index (χ3v) is 4.43. The van der Waals surface area contributed by atoms with Crippen LogP contribution in [0.4, 0.5) is 0 Å². The first kappa shape index (κ1) is 15.0. The standard InChI is InChI=1S/C16H11Br2NO/c1-10-2-3-12(8-15(10)18)16(20)14(9-19)11-4-6-13(17)7-5-11/h2-8,14H,1H3. The van der Waals surface area contributed by atoms with E-state index in [1.807, 2.05) is 25.1 Å². The number of carbonyl (C=O) groups excluding carboxylic acids is 1. The molecule has 0 saturated heterocycles. The fourth-order valence-corrected chi connectivity index (χ4v) is 2.50. The summed E-state index contributed by atoms with van der Waals surface area (Å²) in [6.07, 6.45) is 0. The number of hydrogen-bond acceptors (Lipinski definition) is 2. The summed E-state index contributed by atoms with van der Waals surface area (Å²) >= 11 is 6.75. The Morgan fingerprint density at radius 1 is 1.15 bits per heavy atom. The highest BCUT2D eigenvalue weighted by molar-refractivity contribution is 9.10. The molecule has 0 aliphatic carbocycles. The number of nitrogens with zero attached hydrogens (tertiary/aromatic N) is 1. The lowest BCUT2D eigenvalue weighted by Crippen LogP contribution is -2.11. The molecular formula is C16H11Br2NO. The molecule has 0 fully saturated rings. The second-order valence-corrected chi connectivity index (χ2v) is 6.21. The lowest BCUT2D eigenvalue weighted by Gasteiger charge is -2.10. The van der Waals surface area contributed by atoms with Crippen molar-refractivity contribution in [3.63, 3.8) is 0 Å². The third-order valence-electron chi connectivity index (χ3n) is 3.05. The zero-order valence-electron chi connectivity index (χ0n) is 10.7. The normalized spacial score (nSPS) is 11.7. The minimum absolute atomic E-state index is 0.185. The van der Waals surface area contributed by atoms with Gasteiger partial charge < -0.3 is 0 Å². The van der Waals surface area contributed by atoms with Gasteiger partial charge in [0.05, 0.1) is 6.07 Å². The summed E-state index contributed by atoms with van der Waals surface area (Å²) in [5.74, 6) is -0.965. The van der Waals surface area contributed by atoms with E-state index < -0.39 is 5.92 Å². The molecular weight excluding hydrogens is 382 g/mol. The number of rotatable bonds is 3. The number of nitriles is 1. The molecule has 1 unspecified atom stereocenters. The Hall–Kier alpha value is -1.44. The Labute approximate surface area is 134 Å². The highest BCUT2D eigenvalue weighted by Crippen LogP contribution is 2.25. The van der Waals surface area contributed by atoms with E-state index in [-0.39, 0.29) is 5.78 Å². The molecule has 0 aliphatic heterocycles. The summed E-state index contributed by atoms with van der Waals surface area (Å²) < 4.78 is 1.79. The minimum Gasteiger partial charge on any atom is -0.292 e. The van der Waals surface area contributed by atoms with Crippen LogP contribution in [-0.4, -0.2) is 5.78 Å². The second kappa shape index (κ2) is 6.34. The Balaban J connectivity index is 2.36. The predicted molar refractivity (Wildman–Crippen MR) is 85.7 cm³/mol. The van der Waals surface area contributed by atoms with Gasteiger partial charge in [0.2, 0.25) is 0 Å². The first-order chi connectivity index (χ1) is 9.52. The van der Waals surface area contributed by atoms with E-state index in [1.54, 1.807) is 24.3 Å². The zero-order valence-corrected chi connectivity index (χ0v) is 13.9. The number of ketones is 1. The number of aryl methyl sites for hydroxylation is 1. The molecule has 0 heterocycles. The molecule has 100 valence electrons. The summed E-state index contributed by atoms with van der Waals surface area (Å²) in [4.78, 5) is 12.5. The average Bonchev–Trinajstić information content (AvgIpc) is 2.44. The Morgan fingerprint density at radius 2 is 1.80 bits per heavy atom. The van der Waals surface area contributed by atoms with Crippen LogP contribution in [0.15, 0.2) is 51.4 Å². The van der Waals surface area contributed by atoms with Crippen molar-refractivity contribution in [2.24, 2.45) is 0 Å². The van der Waals surface area contributed by atoms with E-state index in [1.165, 1.54) is 0 Å². The molecule has 0 radical (unpaired) electrons. The quantitative estimate of drug-likeness (QED) is 0.688. The smallest absolute Gasteiger partial charge is 0.184 e. The van der Waals surface area contributed by atoms with Gasteiger partial charge in [0.25, 0.3) is 0 Å². The van der Waals surface area contributed by atoms with Gasteiger partial charge in [-0.15, -0.1) is 0 Å². The lowest BCUT2D eigenvalue weighted by atomic mass is 9.91. The maximum absolute atomic E-state index is 12.5. The van der Waals surface area contributed by atoms with E-state index in [2.05, 4.69) is 37.9 Å². The van der Waals surface area contributed by atoms with Gasteiger partial charge in [0.1, 0.15) is 5.92 Å². The van der Waals surface area contributed by atoms with Crippen molar-refractivity contribution >= 4 is 37.6 Å². The molecule has 0 amide bonds. The highest BCUT2D eigenvalue weighted by Gasteiger charge is 2.22. The van der Waals surface area contributed by atoms with E-state index in [0.29, 0.717) is 11.1 Å². The van der Waals surface area contributed by atoms with Crippen LogP contribution in [0.5, 0.6) is 0 Å².